The van der Waals surface area contributed by atoms with Crippen LogP contribution in [0.2, 0.25) is 0 Å². The van der Waals surface area contributed by atoms with Crippen LogP contribution in [0.1, 0.15) is 41.1 Å². The van der Waals surface area contributed by atoms with Crippen LogP contribution in [0, 0.1) is 18.6 Å². The number of halogens is 2. The standard InChI is InChI=1S/C18H19F2N/c1-3-21-18(14-9-12-6-4-5-7-13(12)14)15-10-16(19)11(2)8-17(15)20/h4-8,10,14,18,21H,3,9H2,1-2H3. The van der Waals surface area contributed by atoms with Gasteiger partial charge in [-0.1, -0.05) is 31.2 Å². The lowest BCUT2D eigenvalue weighted by Gasteiger charge is -2.37. The predicted molar refractivity (Wildman–Crippen MR) is 80.4 cm³/mol. The third-order valence-corrected chi connectivity index (χ3v) is 4.33. The van der Waals surface area contributed by atoms with E-state index >= 15 is 0 Å². The molecule has 0 amide bonds. The third-order valence-electron chi connectivity index (χ3n) is 4.33. The van der Waals surface area contributed by atoms with E-state index in [0.29, 0.717) is 11.1 Å². The Morgan fingerprint density at radius 1 is 1.19 bits per heavy atom. The minimum atomic E-state index is -0.345. The van der Waals surface area contributed by atoms with Gasteiger partial charge in [-0.25, -0.2) is 8.78 Å². The molecule has 1 aliphatic carbocycles. The van der Waals surface area contributed by atoms with Crippen LogP contribution in [0.5, 0.6) is 0 Å². The quantitative estimate of drug-likeness (QED) is 0.885. The maximum absolute atomic E-state index is 14.3. The van der Waals surface area contributed by atoms with Crippen LogP contribution in [0.15, 0.2) is 36.4 Å². The molecule has 0 saturated carbocycles. The molecule has 0 aromatic heterocycles. The Kier molecular flexibility index (Phi) is 3.77. The lowest BCUT2D eigenvalue weighted by molar-refractivity contribution is 0.402. The van der Waals surface area contributed by atoms with Crippen molar-refractivity contribution in [1.82, 2.24) is 5.32 Å². The van der Waals surface area contributed by atoms with Crippen molar-refractivity contribution in [2.75, 3.05) is 6.54 Å². The van der Waals surface area contributed by atoms with E-state index in [4.69, 9.17) is 0 Å². The van der Waals surface area contributed by atoms with Crippen molar-refractivity contribution >= 4 is 0 Å². The summed E-state index contributed by atoms with van der Waals surface area (Å²) >= 11 is 0. The summed E-state index contributed by atoms with van der Waals surface area (Å²) in [6.07, 6.45) is 0.906. The topological polar surface area (TPSA) is 12.0 Å². The molecule has 0 aliphatic heterocycles. The van der Waals surface area contributed by atoms with Gasteiger partial charge in [0.15, 0.2) is 0 Å². The molecule has 0 bridgehead atoms. The minimum Gasteiger partial charge on any atom is -0.310 e. The number of hydrogen-bond acceptors (Lipinski definition) is 1. The molecule has 21 heavy (non-hydrogen) atoms. The normalized spacial score (nSPS) is 18.0. The van der Waals surface area contributed by atoms with Gasteiger partial charge in [0.25, 0.3) is 0 Å². The van der Waals surface area contributed by atoms with Crippen LogP contribution < -0.4 is 5.32 Å². The van der Waals surface area contributed by atoms with Crippen LogP contribution >= 0.6 is 0 Å². The lowest BCUT2D eigenvalue weighted by Crippen LogP contribution is -2.34. The van der Waals surface area contributed by atoms with Crippen molar-refractivity contribution in [2.24, 2.45) is 0 Å². The average molecular weight is 287 g/mol. The van der Waals surface area contributed by atoms with Gasteiger partial charge < -0.3 is 5.32 Å². The highest BCUT2D eigenvalue weighted by molar-refractivity contribution is 5.43. The van der Waals surface area contributed by atoms with Gasteiger partial charge in [0.05, 0.1) is 0 Å². The molecule has 0 fully saturated rings. The van der Waals surface area contributed by atoms with Crippen molar-refractivity contribution in [1.29, 1.82) is 0 Å². The summed E-state index contributed by atoms with van der Waals surface area (Å²) in [5, 5.41) is 3.32. The first-order valence-electron chi connectivity index (χ1n) is 7.38. The maximum atomic E-state index is 14.3. The zero-order chi connectivity index (χ0) is 15.0. The summed E-state index contributed by atoms with van der Waals surface area (Å²) in [6, 6.07) is 10.7. The number of aryl methyl sites for hydroxylation is 1. The van der Waals surface area contributed by atoms with Gasteiger partial charge in [0, 0.05) is 17.5 Å². The molecule has 2 aromatic rings. The molecule has 3 rings (SSSR count). The summed E-state index contributed by atoms with van der Waals surface area (Å²) in [7, 11) is 0. The largest absolute Gasteiger partial charge is 0.310 e. The van der Waals surface area contributed by atoms with E-state index < -0.39 is 0 Å². The van der Waals surface area contributed by atoms with Crippen LogP contribution in [0.25, 0.3) is 0 Å². The fraction of sp³-hybridized carbons (Fsp3) is 0.333. The molecule has 3 heteroatoms. The number of nitrogens with one attached hydrogen (secondary N) is 1. The van der Waals surface area contributed by atoms with Crippen molar-refractivity contribution < 1.29 is 8.78 Å². The van der Waals surface area contributed by atoms with E-state index in [1.54, 1.807) is 6.92 Å². The van der Waals surface area contributed by atoms with Crippen molar-refractivity contribution in [3.8, 4) is 0 Å². The summed E-state index contributed by atoms with van der Waals surface area (Å²) in [4.78, 5) is 0. The summed E-state index contributed by atoms with van der Waals surface area (Å²) in [5.41, 5.74) is 3.32. The predicted octanol–water partition coefficient (Wildman–Crippen LogP) is 4.26. The number of rotatable bonds is 4. The molecular weight excluding hydrogens is 268 g/mol. The van der Waals surface area contributed by atoms with E-state index in [1.807, 2.05) is 19.1 Å². The third kappa shape index (κ3) is 2.46. The van der Waals surface area contributed by atoms with E-state index in [1.165, 1.54) is 23.3 Å². The van der Waals surface area contributed by atoms with Crippen LogP contribution in [0.4, 0.5) is 8.78 Å². The molecule has 2 aromatic carbocycles. The number of benzene rings is 2. The van der Waals surface area contributed by atoms with Gasteiger partial charge in [0.2, 0.25) is 0 Å². The van der Waals surface area contributed by atoms with Gasteiger partial charge in [-0.2, -0.15) is 0 Å². The number of hydrogen-bond donors (Lipinski definition) is 1. The van der Waals surface area contributed by atoms with Gasteiger partial charge in [-0.3, -0.25) is 0 Å². The molecule has 1 N–H and O–H groups in total. The molecule has 1 aliphatic rings. The number of fused-ring (bicyclic) bond motifs is 1. The summed E-state index contributed by atoms with van der Waals surface area (Å²) in [5.74, 6) is -0.469. The first-order chi connectivity index (χ1) is 10.1. The second-order valence-corrected chi connectivity index (χ2v) is 5.67. The van der Waals surface area contributed by atoms with Gasteiger partial charge in [-0.15, -0.1) is 0 Å². The van der Waals surface area contributed by atoms with Gasteiger partial charge in [-0.05, 0) is 48.7 Å². The molecule has 0 heterocycles. The zero-order valence-electron chi connectivity index (χ0n) is 12.3. The van der Waals surface area contributed by atoms with Crippen molar-refractivity contribution in [3.63, 3.8) is 0 Å². The second kappa shape index (κ2) is 5.57. The summed E-state index contributed by atoms with van der Waals surface area (Å²) in [6.45, 7) is 4.29. The Balaban J connectivity index is 1.99. The molecule has 110 valence electrons. The van der Waals surface area contributed by atoms with E-state index in [2.05, 4.69) is 17.4 Å². The molecule has 0 spiro atoms. The fourth-order valence-corrected chi connectivity index (χ4v) is 3.18. The highest BCUT2D eigenvalue weighted by Gasteiger charge is 2.34. The SMILES string of the molecule is CCNC(c1cc(F)c(C)cc1F)C1Cc2ccccc21. The maximum Gasteiger partial charge on any atom is 0.128 e. The van der Waals surface area contributed by atoms with Gasteiger partial charge >= 0.3 is 0 Å². The van der Waals surface area contributed by atoms with E-state index in [0.717, 1.165) is 13.0 Å². The van der Waals surface area contributed by atoms with Crippen molar-refractivity contribution in [3.05, 3.63) is 70.3 Å². The van der Waals surface area contributed by atoms with Gasteiger partial charge in [0.1, 0.15) is 11.6 Å². The molecule has 1 nitrogen and oxygen atoms in total. The Morgan fingerprint density at radius 2 is 1.95 bits per heavy atom. The average Bonchev–Trinajstić information content (AvgIpc) is 2.43. The van der Waals surface area contributed by atoms with Crippen LogP contribution in [0.3, 0.4) is 0 Å². The Labute approximate surface area is 124 Å². The molecule has 2 unspecified atom stereocenters. The first-order valence-corrected chi connectivity index (χ1v) is 7.38. The number of likely N-dealkylation sites (N-methyl/N-ethyl adjacent to an activating group) is 1. The molecule has 0 radical (unpaired) electrons. The molecular formula is C18H19F2N. The van der Waals surface area contributed by atoms with Crippen LogP contribution in [-0.2, 0) is 6.42 Å². The first kappa shape index (κ1) is 14.2. The Bertz CT molecular complexity index is 666. The fourth-order valence-electron chi connectivity index (χ4n) is 3.18. The Morgan fingerprint density at radius 3 is 2.67 bits per heavy atom. The van der Waals surface area contributed by atoms with Crippen molar-refractivity contribution in [2.45, 2.75) is 32.2 Å². The monoisotopic (exact) mass is 287 g/mol. The lowest BCUT2D eigenvalue weighted by atomic mass is 9.71. The molecule has 2 atom stereocenters. The Hall–Kier alpha value is -1.74. The van der Waals surface area contributed by atoms with E-state index in [-0.39, 0.29) is 23.6 Å². The molecule has 0 saturated heterocycles. The highest BCUT2D eigenvalue weighted by atomic mass is 19.1. The zero-order valence-corrected chi connectivity index (χ0v) is 12.3. The summed E-state index contributed by atoms with van der Waals surface area (Å²) < 4.78 is 28.1. The highest BCUT2D eigenvalue weighted by Crippen LogP contribution is 2.44. The minimum absolute atomic E-state index is 0.181. The van der Waals surface area contributed by atoms with Crippen LogP contribution in [-0.4, -0.2) is 6.54 Å². The second-order valence-electron chi connectivity index (χ2n) is 5.67. The smallest absolute Gasteiger partial charge is 0.128 e. The van der Waals surface area contributed by atoms with E-state index in [9.17, 15) is 8.78 Å².